The second kappa shape index (κ2) is 10.4. The van der Waals surface area contributed by atoms with Gasteiger partial charge in [-0.15, -0.1) is 11.8 Å². The lowest BCUT2D eigenvalue weighted by Gasteiger charge is -2.11. The van der Waals surface area contributed by atoms with Crippen LogP contribution in [0.25, 0.3) is 0 Å². The Morgan fingerprint density at radius 2 is 1.93 bits per heavy atom. The summed E-state index contributed by atoms with van der Waals surface area (Å²) in [5.74, 6) is 1.00. The summed E-state index contributed by atoms with van der Waals surface area (Å²) in [6.07, 6.45) is -2.36. The summed E-state index contributed by atoms with van der Waals surface area (Å²) >= 11 is 1.61. The SMILES string of the molecule is CCNC(=NCc1cn(C)nc1C(F)(F)F)NCCCSc1ccc(F)cc1. The molecule has 0 saturated carbocycles. The highest BCUT2D eigenvalue weighted by Gasteiger charge is 2.36. The van der Waals surface area contributed by atoms with Crippen molar-refractivity contribution in [2.45, 2.75) is 31.0 Å². The topological polar surface area (TPSA) is 54.2 Å². The molecule has 2 rings (SSSR count). The molecule has 2 N–H and O–H groups in total. The molecule has 0 aliphatic rings. The van der Waals surface area contributed by atoms with Crippen molar-refractivity contribution in [3.8, 4) is 0 Å². The quantitative estimate of drug-likeness (QED) is 0.225. The molecule has 0 aliphatic carbocycles. The molecule has 154 valence electrons. The molecule has 0 unspecified atom stereocenters. The van der Waals surface area contributed by atoms with Crippen LogP contribution in [0.5, 0.6) is 0 Å². The largest absolute Gasteiger partial charge is 0.435 e. The molecule has 0 atom stereocenters. The monoisotopic (exact) mass is 417 g/mol. The van der Waals surface area contributed by atoms with Crippen LogP contribution in [-0.2, 0) is 19.8 Å². The highest BCUT2D eigenvalue weighted by molar-refractivity contribution is 7.99. The summed E-state index contributed by atoms with van der Waals surface area (Å²) in [4.78, 5) is 5.21. The number of guanidine groups is 1. The van der Waals surface area contributed by atoms with Gasteiger partial charge in [0.1, 0.15) is 5.82 Å². The molecule has 0 saturated heterocycles. The van der Waals surface area contributed by atoms with Crippen molar-refractivity contribution in [1.29, 1.82) is 0 Å². The van der Waals surface area contributed by atoms with Crippen molar-refractivity contribution in [2.75, 3.05) is 18.8 Å². The van der Waals surface area contributed by atoms with E-state index >= 15 is 0 Å². The number of aliphatic imine (C=N–C) groups is 1. The van der Waals surface area contributed by atoms with Crippen LogP contribution in [0.15, 0.2) is 40.4 Å². The van der Waals surface area contributed by atoms with Gasteiger partial charge in [0.05, 0.1) is 6.54 Å². The molecule has 1 heterocycles. The third-order valence-electron chi connectivity index (χ3n) is 3.62. The predicted molar refractivity (Wildman–Crippen MR) is 103 cm³/mol. The van der Waals surface area contributed by atoms with Crippen LogP contribution in [0.4, 0.5) is 17.6 Å². The molecular weight excluding hydrogens is 394 g/mol. The molecule has 0 amide bonds. The minimum Gasteiger partial charge on any atom is -0.357 e. The molecule has 0 radical (unpaired) electrons. The number of aromatic nitrogens is 2. The van der Waals surface area contributed by atoms with Crippen molar-refractivity contribution in [2.24, 2.45) is 12.0 Å². The molecule has 1 aromatic carbocycles. The van der Waals surface area contributed by atoms with Crippen LogP contribution in [0.3, 0.4) is 0 Å². The zero-order valence-corrected chi connectivity index (χ0v) is 16.5. The third-order valence-corrected chi connectivity index (χ3v) is 4.72. The molecule has 0 fully saturated rings. The van der Waals surface area contributed by atoms with Gasteiger partial charge in [0.2, 0.25) is 0 Å². The van der Waals surface area contributed by atoms with E-state index in [2.05, 4.69) is 20.7 Å². The zero-order chi connectivity index (χ0) is 20.6. The predicted octanol–water partition coefficient (Wildman–Crippen LogP) is 3.82. The van der Waals surface area contributed by atoms with Gasteiger partial charge in [-0.1, -0.05) is 0 Å². The van der Waals surface area contributed by atoms with E-state index in [0.717, 1.165) is 21.8 Å². The number of hydrogen-bond acceptors (Lipinski definition) is 3. The van der Waals surface area contributed by atoms with E-state index in [1.807, 2.05) is 6.92 Å². The molecule has 0 aliphatic heterocycles. The smallest absolute Gasteiger partial charge is 0.357 e. The highest BCUT2D eigenvalue weighted by Crippen LogP contribution is 2.30. The van der Waals surface area contributed by atoms with Gasteiger partial charge in [-0.3, -0.25) is 4.68 Å². The summed E-state index contributed by atoms with van der Waals surface area (Å²) in [5, 5.41) is 9.60. The van der Waals surface area contributed by atoms with Gasteiger partial charge >= 0.3 is 6.18 Å². The first kappa shape index (κ1) is 22.1. The second-order valence-corrected chi connectivity index (χ2v) is 7.12. The molecule has 0 spiro atoms. The van der Waals surface area contributed by atoms with Crippen molar-refractivity contribution in [3.05, 3.63) is 47.5 Å². The number of hydrogen-bond donors (Lipinski definition) is 2. The molecule has 5 nitrogen and oxygen atoms in total. The fraction of sp³-hybridized carbons (Fsp3) is 0.444. The summed E-state index contributed by atoms with van der Waals surface area (Å²) in [6.45, 7) is 2.96. The average Bonchev–Trinajstić information content (AvgIpc) is 3.02. The Balaban J connectivity index is 1.84. The number of nitrogens with zero attached hydrogens (tertiary/aromatic N) is 3. The van der Waals surface area contributed by atoms with Gasteiger partial charge in [-0.25, -0.2) is 9.38 Å². The Hall–Kier alpha value is -2.23. The van der Waals surface area contributed by atoms with Crippen molar-refractivity contribution in [1.82, 2.24) is 20.4 Å². The summed E-state index contributed by atoms with van der Waals surface area (Å²) in [5.41, 5.74) is -0.885. The second-order valence-electron chi connectivity index (χ2n) is 5.95. The Kier molecular flexibility index (Phi) is 8.16. The normalized spacial score (nSPS) is 12.3. The molecule has 10 heteroatoms. The average molecular weight is 417 g/mol. The standard InChI is InChI=1S/C18H23F4N5S/c1-3-23-17(24-9-4-10-28-15-7-5-14(19)6-8-15)25-11-13-12-27(2)26-16(13)18(20,21)22/h5-8,12H,3-4,9-11H2,1-2H3,(H2,23,24,25). The van der Waals surface area contributed by atoms with Crippen LogP contribution in [-0.4, -0.2) is 34.6 Å². The molecule has 2 aromatic rings. The van der Waals surface area contributed by atoms with Crippen LogP contribution < -0.4 is 10.6 Å². The number of thioether (sulfide) groups is 1. The first-order valence-corrected chi connectivity index (χ1v) is 9.78. The third kappa shape index (κ3) is 7.06. The van der Waals surface area contributed by atoms with Gasteiger partial charge in [0.25, 0.3) is 0 Å². The maximum Gasteiger partial charge on any atom is 0.435 e. The van der Waals surface area contributed by atoms with E-state index in [9.17, 15) is 17.6 Å². The van der Waals surface area contributed by atoms with Crippen molar-refractivity contribution >= 4 is 17.7 Å². The van der Waals surface area contributed by atoms with E-state index < -0.39 is 11.9 Å². The van der Waals surface area contributed by atoms with Crippen LogP contribution in [0, 0.1) is 5.82 Å². The molecule has 28 heavy (non-hydrogen) atoms. The van der Waals surface area contributed by atoms with E-state index in [1.54, 1.807) is 23.9 Å². The summed E-state index contributed by atoms with van der Waals surface area (Å²) < 4.78 is 53.0. The first-order chi connectivity index (χ1) is 13.3. The summed E-state index contributed by atoms with van der Waals surface area (Å²) in [6, 6.07) is 6.30. The number of alkyl halides is 3. The fourth-order valence-corrected chi connectivity index (χ4v) is 3.25. The molecule has 1 aromatic heterocycles. The Bertz CT molecular complexity index is 771. The zero-order valence-electron chi connectivity index (χ0n) is 15.7. The highest BCUT2D eigenvalue weighted by atomic mass is 32.2. The number of halogens is 4. The lowest BCUT2D eigenvalue weighted by molar-refractivity contribution is -0.142. The number of rotatable bonds is 8. The maximum absolute atomic E-state index is 13.0. The maximum atomic E-state index is 13.0. The van der Waals surface area contributed by atoms with Crippen molar-refractivity contribution < 1.29 is 17.6 Å². The van der Waals surface area contributed by atoms with Gasteiger partial charge < -0.3 is 10.6 Å². The van der Waals surface area contributed by atoms with Gasteiger partial charge in [0.15, 0.2) is 11.7 Å². The van der Waals surface area contributed by atoms with E-state index in [-0.39, 0.29) is 17.9 Å². The minimum atomic E-state index is -4.50. The van der Waals surface area contributed by atoms with Gasteiger partial charge in [0, 0.05) is 36.8 Å². The number of benzene rings is 1. The van der Waals surface area contributed by atoms with Gasteiger partial charge in [-0.05, 0) is 43.4 Å². The van der Waals surface area contributed by atoms with Gasteiger partial charge in [-0.2, -0.15) is 18.3 Å². The van der Waals surface area contributed by atoms with E-state index in [0.29, 0.717) is 19.0 Å². The Morgan fingerprint density at radius 3 is 2.57 bits per heavy atom. The van der Waals surface area contributed by atoms with Crippen LogP contribution >= 0.6 is 11.8 Å². The van der Waals surface area contributed by atoms with E-state index in [4.69, 9.17) is 0 Å². The lowest BCUT2D eigenvalue weighted by atomic mass is 10.2. The summed E-state index contributed by atoms with van der Waals surface area (Å²) in [7, 11) is 1.45. The van der Waals surface area contributed by atoms with Crippen LogP contribution in [0.2, 0.25) is 0 Å². The first-order valence-electron chi connectivity index (χ1n) is 8.80. The molecule has 0 bridgehead atoms. The van der Waals surface area contributed by atoms with E-state index in [1.165, 1.54) is 25.4 Å². The minimum absolute atomic E-state index is 0.0269. The van der Waals surface area contributed by atoms with Crippen molar-refractivity contribution in [3.63, 3.8) is 0 Å². The Labute approximate surface area is 165 Å². The number of nitrogens with one attached hydrogen (secondary N) is 2. The molecular formula is C18H23F4N5S. The fourth-order valence-electron chi connectivity index (χ4n) is 2.40. The van der Waals surface area contributed by atoms with Crippen LogP contribution in [0.1, 0.15) is 24.6 Å². The Morgan fingerprint density at radius 1 is 1.21 bits per heavy atom. The number of aryl methyl sites for hydroxylation is 1. The lowest BCUT2D eigenvalue weighted by Crippen LogP contribution is -2.37.